The van der Waals surface area contributed by atoms with E-state index in [0.717, 1.165) is 44.9 Å². The van der Waals surface area contributed by atoms with Gasteiger partial charge in [-0.15, -0.1) is 0 Å². The zero-order valence-corrected chi connectivity index (χ0v) is 27.8. The predicted octanol–water partition coefficient (Wildman–Crippen LogP) is 10.5. The number of carboxylic acid groups (broad SMARTS) is 1. The quantitative estimate of drug-likeness (QED) is 0.123. The number of Topliss-reactive ketones (excluding diaryl/α,β-unsaturated/α-hetero) is 1. The van der Waals surface area contributed by atoms with E-state index in [1.807, 2.05) is 60.6 Å². The largest absolute Gasteiger partial charge is 0.481 e. The van der Waals surface area contributed by atoms with Crippen LogP contribution in [0.1, 0.15) is 127 Å². The molecule has 236 valence electrons. The van der Waals surface area contributed by atoms with Gasteiger partial charge in [0.1, 0.15) is 5.78 Å². The Hall–Kier alpha value is -2.95. The molecule has 0 atom stereocenters. The second-order valence-electron chi connectivity index (χ2n) is 9.47. The molecule has 0 unspecified atom stereocenters. The molecule has 0 amide bonds. The van der Waals surface area contributed by atoms with Crippen molar-refractivity contribution in [3.8, 4) is 0 Å². The van der Waals surface area contributed by atoms with Crippen molar-refractivity contribution in [2.45, 2.75) is 127 Å². The first kappa shape index (κ1) is 45.1. The summed E-state index contributed by atoms with van der Waals surface area (Å²) in [6.45, 7) is 17.7. The summed E-state index contributed by atoms with van der Waals surface area (Å²) in [5.41, 5.74) is -0.306. The highest BCUT2D eigenvalue weighted by Gasteiger charge is 2.21. The van der Waals surface area contributed by atoms with Crippen molar-refractivity contribution < 1.29 is 24.2 Å². The molecular formula is C36H62O5. The summed E-state index contributed by atoms with van der Waals surface area (Å²) >= 11 is 0. The Morgan fingerprint density at radius 1 is 0.659 bits per heavy atom. The Bertz CT molecular complexity index is 780. The third-order valence-electron chi connectivity index (χ3n) is 4.70. The maximum absolute atomic E-state index is 11.7. The first-order chi connectivity index (χ1) is 19.6. The van der Waals surface area contributed by atoms with Gasteiger partial charge in [-0.1, -0.05) is 128 Å². The van der Waals surface area contributed by atoms with Gasteiger partial charge in [-0.05, 0) is 51.9 Å². The predicted molar refractivity (Wildman–Crippen MR) is 178 cm³/mol. The Morgan fingerprint density at radius 3 is 1.32 bits per heavy atom. The zero-order valence-electron chi connectivity index (χ0n) is 27.8. The molecule has 0 spiro atoms. The van der Waals surface area contributed by atoms with Crippen molar-refractivity contribution in [3.05, 3.63) is 72.9 Å². The lowest BCUT2D eigenvalue weighted by Gasteiger charge is -2.22. The molecule has 0 aliphatic rings. The van der Waals surface area contributed by atoms with Crippen LogP contribution in [0.2, 0.25) is 0 Å². The lowest BCUT2D eigenvalue weighted by Crippen LogP contribution is -2.24. The number of aliphatic carboxylic acids is 1. The van der Waals surface area contributed by atoms with E-state index in [1.165, 1.54) is 0 Å². The topological polar surface area (TPSA) is 80.7 Å². The smallest absolute Gasteiger partial charge is 0.309 e. The molecule has 0 aromatic carbocycles. The molecule has 0 saturated carbocycles. The number of carbonyl (C=O) groups is 3. The van der Waals surface area contributed by atoms with Gasteiger partial charge in [-0.2, -0.15) is 0 Å². The SMILES string of the molecule is CC.CC.CC/C=C\C/C=C\C/C=C\C/C=C\C/C=C\C/C=C\CC(=O)OCC(C)(C)CC(C)=O.CCCC(=O)O. The monoisotopic (exact) mass is 574 g/mol. The van der Waals surface area contributed by atoms with Gasteiger partial charge in [0.15, 0.2) is 0 Å². The highest BCUT2D eigenvalue weighted by Crippen LogP contribution is 2.21. The molecule has 0 saturated heterocycles. The average Bonchev–Trinajstić information content (AvgIpc) is 2.93. The van der Waals surface area contributed by atoms with E-state index in [-0.39, 0.29) is 30.2 Å². The number of esters is 1. The zero-order chi connectivity index (χ0) is 32.2. The van der Waals surface area contributed by atoms with Crippen molar-refractivity contribution in [2.24, 2.45) is 5.41 Å². The molecule has 0 aliphatic carbocycles. The Balaban J connectivity index is -0.000000591. The van der Waals surface area contributed by atoms with Crippen LogP contribution in [0.4, 0.5) is 0 Å². The number of ether oxygens (including phenoxy) is 1. The van der Waals surface area contributed by atoms with Gasteiger partial charge < -0.3 is 14.6 Å². The summed E-state index contributed by atoms with van der Waals surface area (Å²) in [5, 5.41) is 7.91. The highest BCUT2D eigenvalue weighted by molar-refractivity contribution is 5.76. The summed E-state index contributed by atoms with van der Waals surface area (Å²) in [7, 11) is 0. The number of rotatable bonds is 19. The highest BCUT2D eigenvalue weighted by atomic mass is 16.5. The van der Waals surface area contributed by atoms with E-state index in [9.17, 15) is 14.4 Å². The van der Waals surface area contributed by atoms with Crippen LogP contribution in [0.5, 0.6) is 0 Å². The van der Waals surface area contributed by atoms with E-state index in [4.69, 9.17) is 9.84 Å². The fraction of sp³-hybridized carbons (Fsp3) is 0.583. The van der Waals surface area contributed by atoms with Crippen LogP contribution in [-0.4, -0.2) is 29.4 Å². The number of carboxylic acids is 1. The summed E-state index contributed by atoms with van der Waals surface area (Å²) in [4.78, 5) is 32.5. The van der Waals surface area contributed by atoms with Crippen LogP contribution in [-0.2, 0) is 19.1 Å². The maximum Gasteiger partial charge on any atom is 0.309 e. The first-order valence-corrected chi connectivity index (χ1v) is 15.4. The molecule has 0 aromatic heterocycles. The van der Waals surface area contributed by atoms with Crippen LogP contribution in [0.3, 0.4) is 0 Å². The maximum atomic E-state index is 11.7. The molecule has 0 fully saturated rings. The van der Waals surface area contributed by atoms with Gasteiger partial charge in [-0.3, -0.25) is 9.59 Å². The van der Waals surface area contributed by atoms with Crippen molar-refractivity contribution in [3.63, 3.8) is 0 Å². The molecule has 0 bridgehead atoms. The minimum atomic E-state index is -0.711. The number of ketones is 1. The Kier molecular flexibility index (Phi) is 40.7. The lowest BCUT2D eigenvalue weighted by molar-refractivity contribution is -0.146. The fourth-order valence-electron chi connectivity index (χ4n) is 2.97. The lowest BCUT2D eigenvalue weighted by atomic mass is 9.89. The van der Waals surface area contributed by atoms with Gasteiger partial charge in [-0.25, -0.2) is 0 Å². The molecule has 5 nitrogen and oxygen atoms in total. The van der Waals surface area contributed by atoms with Crippen LogP contribution in [0, 0.1) is 5.41 Å². The van der Waals surface area contributed by atoms with Gasteiger partial charge in [0.2, 0.25) is 0 Å². The van der Waals surface area contributed by atoms with E-state index < -0.39 is 5.97 Å². The van der Waals surface area contributed by atoms with Gasteiger partial charge in [0, 0.05) is 18.3 Å². The molecule has 0 rings (SSSR count). The van der Waals surface area contributed by atoms with Crippen molar-refractivity contribution in [2.75, 3.05) is 6.61 Å². The number of carbonyl (C=O) groups excluding carboxylic acids is 2. The average molecular weight is 575 g/mol. The third-order valence-corrected chi connectivity index (χ3v) is 4.70. The van der Waals surface area contributed by atoms with Crippen LogP contribution in [0.15, 0.2) is 72.9 Å². The molecule has 0 heterocycles. The molecular weight excluding hydrogens is 512 g/mol. The standard InChI is InChI=1S/C28H42O3.C4H8O2.2C2H6/c1-5-6-7-8-9-10-11-12-13-14-15-16-17-18-19-20-21-22-23-27(30)31-25-28(3,4)24-26(2)29;1-2-3-4(5)6;2*1-2/h6-7,9-10,12-13,15-16,18-19,21-22H,5,8,11,14,17,20,23-25H2,1-4H3;2-3H2,1H3,(H,5,6);2*1-2H3/b7-6-,10-9-,13-12-,16-15-,19-18-,22-21-;;;. The van der Waals surface area contributed by atoms with Crippen LogP contribution in [0.25, 0.3) is 0 Å². The van der Waals surface area contributed by atoms with E-state index in [1.54, 1.807) is 6.92 Å². The second kappa shape index (κ2) is 37.0. The summed E-state index contributed by atoms with van der Waals surface area (Å²) in [6, 6.07) is 0. The van der Waals surface area contributed by atoms with Gasteiger partial charge in [0.25, 0.3) is 0 Å². The summed E-state index contributed by atoms with van der Waals surface area (Å²) < 4.78 is 5.26. The Morgan fingerprint density at radius 2 is 1.02 bits per heavy atom. The van der Waals surface area contributed by atoms with E-state index in [2.05, 4.69) is 67.7 Å². The minimum absolute atomic E-state index is 0.109. The van der Waals surface area contributed by atoms with E-state index >= 15 is 0 Å². The molecule has 0 aliphatic heterocycles. The van der Waals surface area contributed by atoms with Crippen LogP contribution >= 0.6 is 0 Å². The Labute approximate surface area is 253 Å². The molecule has 41 heavy (non-hydrogen) atoms. The van der Waals surface area contributed by atoms with Crippen LogP contribution < -0.4 is 0 Å². The number of allylic oxidation sites excluding steroid dienone is 11. The second-order valence-corrected chi connectivity index (χ2v) is 9.47. The van der Waals surface area contributed by atoms with Gasteiger partial charge in [0.05, 0.1) is 13.0 Å². The normalized spacial score (nSPS) is 11.4. The van der Waals surface area contributed by atoms with Gasteiger partial charge >= 0.3 is 11.9 Å². The molecule has 1 N–H and O–H groups in total. The first-order valence-electron chi connectivity index (χ1n) is 15.4. The minimum Gasteiger partial charge on any atom is -0.481 e. The molecule has 0 radical (unpaired) electrons. The van der Waals surface area contributed by atoms with Crippen molar-refractivity contribution in [1.29, 1.82) is 0 Å². The molecule has 0 aromatic rings. The van der Waals surface area contributed by atoms with Crippen molar-refractivity contribution >= 4 is 17.7 Å². The summed E-state index contributed by atoms with van der Waals surface area (Å²) in [5.74, 6) is -0.854. The third kappa shape index (κ3) is 47.2. The number of hydrogen-bond donors (Lipinski definition) is 1. The summed E-state index contributed by atoms with van der Waals surface area (Å²) in [6.07, 6.45) is 33.0. The van der Waals surface area contributed by atoms with Crippen molar-refractivity contribution in [1.82, 2.24) is 0 Å². The number of hydrogen-bond acceptors (Lipinski definition) is 4. The fourth-order valence-corrected chi connectivity index (χ4v) is 2.97. The van der Waals surface area contributed by atoms with E-state index in [0.29, 0.717) is 12.8 Å². The molecule has 5 heteroatoms.